The van der Waals surface area contributed by atoms with Crippen molar-refractivity contribution < 1.29 is 4.42 Å². The van der Waals surface area contributed by atoms with Gasteiger partial charge < -0.3 is 9.40 Å². The third-order valence-corrected chi connectivity index (χ3v) is 2.84. The Morgan fingerprint density at radius 2 is 2.00 bits per heavy atom. The van der Waals surface area contributed by atoms with Gasteiger partial charge in [0, 0.05) is 5.39 Å². The average Bonchev–Trinajstić information content (AvgIpc) is 2.27. The van der Waals surface area contributed by atoms with E-state index in [1.807, 2.05) is 30.3 Å². The normalized spacial score (nSPS) is 11.0. The molecule has 2 aliphatic rings. The maximum absolute atomic E-state index is 5.64. The number of aromatic nitrogens is 2. The molecule has 3 nitrogen and oxygen atoms in total. The van der Waals surface area contributed by atoms with E-state index in [2.05, 4.69) is 9.97 Å². The van der Waals surface area contributed by atoms with Crippen LogP contribution in [-0.4, -0.2) is 9.97 Å². The lowest BCUT2D eigenvalue weighted by Crippen LogP contribution is -1.92. The molecule has 1 N–H and O–H groups in total. The minimum absolute atomic E-state index is 0.344. The van der Waals surface area contributed by atoms with Gasteiger partial charge in [0.25, 0.3) is 0 Å². The van der Waals surface area contributed by atoms with Crippen molar-refractivity contribution in [2.24, 2.45) is 0 Å². The van der Waals surface area contributed by atoms with Gasteiger partial charge in [-0.25, -0.2) is 0 Å². The van der Waals surface area contributed by atoms with Crippen molar-refractivity contribution >= 4 is 35.4 Å². The molecular formula is C11H6N2OS2. The molecule has 0 fully saturated rings. The van der Waals surface area contributed by atoms with E-state index in [1.165, 1.54) is 0 Å². The Morgan fingerprint density at radius 3 is 2.88 bits per heavy atom. The molecule has 0 bridgehead atoms. The molecule has 3 rings (SSSR count). The standard InChI is InChI=1S/C11H6N2OS2/c15-10-7-5-6-3-1-2-4-8(6)14-9(7)12-11(16)13-10/h1-5H,(H,13,15,16). The monoisotopic (exact) mass is 246 g/mol. The van der Waals surface area contributed by atoms with E-state index in [-0.39, 0.29) is 0 Å². The highest BCUT2D eigenvalue weighted by molar-refractivity contribution is 7.72. The molecule has 0 amide bonds. The highest BCUT2D eigenvalue weighted by atomic mass is 32.1. The highest BCUT2D eigenvalue weighted by Crippen LogP contribution is 2.26. The minimum Gasteiger partial charge on any atom is -0.438 e. The smallest absolute Gasteiger partial charge is 0.232 e. The minimum atomic E-state index is 0.344. The van der Waals surface area contributed by atoms with Gasteiger partial charge in [-0.15, -0.1) is 0 Å². The predicted octanol–water partition coefficient (Wildman–Crippen LogP) is 3.72. The maximum atomic E-state index is 5.64. The van der Waals surface area contributed by atoms with Gasteiger partial charge in [0.1, 0.15) is 10.2 Å². The molecule has 0 saturated carbocycles. The number of hydrogen-bond acceptors (Lipinski definition) is 4. The van der Waals surface area contributed by atoms with E-state index in [9.17, 15) is 0 Å². The van der Waals surface area contributed by atoms with Crippen LogP contribution < -0.4 is 0 Å². The number of nitrogens with zero attached hydrogens (tertiary/aromatic N) is 1. The SMILES string of the molecule is S=c1nc2oc3ccccc3cc-2c(=S)[nH]1. The summed E-state index contributed by atoms with van der Waals surface area (Å²) in [6.45, 7) is 0. The van der Waals surface area contributed by atoms with E-state index in [1.54, 1.807) is 0 Å². The molecule has 16 heavy (non-hydrogen) atoms. The summed E-state index contributed by atoms with van der Waals surface area (Å²) in [5.41, 5.74) is 1.56. The van der Waals surface area contributed by atoms with Crippen molar-refractivity contribution in [1.29, 1.82) is 0 Å². The Kier molecular flexibility index (Phi) is 2.08. The van der Waals surface area contributed by atoms with Crippen molar-refractivity contribution in [1.82, 2.24) is 9.97 Å². The predicted molar refractivity (Wildman–Crippen MR) is 66.6 cm³/mol. The Bertz CT molecular complexity index is 760. The third kappa shape index (κ3) is 1.45. The molecule has 1 aromatic carbocycles. The lowest BCUT2D eigenvalue weighted by molar-refractivity contribution is 0.595. The number of H-pyrrole nitrogens is 1. The molecule has 0 spiro atoms. The second kappa shape index (κ2) is 3.47. The van der Waals surface area contributed by atoms with E-state index in [0.29, 0.717) is 15.3 Å². The van der Waals surface area contributed by atoms with Gasteiger partial charge in [0.2, 0.25) is 10.7 Å². The second-order valence-corrected chi connectivity index (χ2v) is 4.17. The molecule has 5 heteroatoms. The molecule has 0 unspecified atom stereocenters. The number of aromatic amines is 1. The number of benzene rings is 1. The first-order chi connectivity index (χ1) is 7.74. The topological polar surface area (TPSA) is 41.8 Å². The van der Waals surface area contributed by atoms with Gasteiger partial charge in [0.05, 0.1) is 5.56 Å². The number of para-hydroxylation sites is 1. The summed E-state index contributed by atoms with van der Waals surface area (Å²) < 4.78 is 6.55. The van der Waals surface area contributed by atoms with Gasteiger partial charge >= 0.3 is 0 Å². The number of hydrogen-bond donors (Lipinski definition) is 1. The van der Waals surface area contributed by atoms with Crippen LogP contribution >= 0.6 is 24.4 Å². The van der Waals surface area contributed by atoms with E-state index < -0.39 is 0 Å². The average molecular weight is 246 g/mol. The first kappa shape index (κ1) is 9.62. The summed E-state index contributed by atoms with van der Waals surface area (Å²) in [7, 11) is 0. The van der Waals surface area contributed by atoms with E-state index in [0.717, 1.165) is 16.5 Å². The zero-order chi connectivity index (χ0) is 11.1. The summed E-state index contributed by atoms with van der Waals surface area (Å²) in [5.74, 6) is 0.479. The van der Waals surface area contributed by atoms with E-state index in [4.69, 9.17) is 28.9 Å². The van der Waals surface area contributed by atoms with Crippen molar-refractivity contribution in [3.05, 3.63) is 39.7 Å². The fraction of sp³-hybridized carbons (Fsp3) is 0. The molecule has 2 heterocycles. The zero-order valence-corrected chi connectivity index (χ0v) is 9.69. The summed E-state index contributed by atoms with van der Waals surface area (Å²) in [6.07, 6.45) is 0. The Morgan fingerprint density at radius 1 is 1.19 bits per heavy atom. The van der Waals surface area contributed by atoms with Crippen LogP contribution in [0.25, 0.3) is 22.4 Å². The quantitative estimate of drug-likeness (QED) is 0.485. The molecule has 78 valence electrons. The molecule has 0 aromatic heterocycles. The molecule has 2 aliphatic heterocycles. The Balaban J connectivity index is 2.57. The van der Waals surface area contributed by atoms with Crippen molar-refractivity contribution in [3.8, 4) is 11.5 Å². The van der Waals surface area contributed by atoms with Crippen LogP contribution in [0.4, 0.5) is 0 Å². The Hall–Kier alpha value is -1.59. The third-order valence-electron chi connectivity index (χ3n) is 2.32. The molecule has 0 atom stereocenters. The van der Waals surface area contributed by atoms with Gasteiger partial charge in [-0.1, -0.05) is 30.4 Å². The molecule has 0 saturated heterocycles. The highest BCUT2D eigenvalue weighted by Gasteiger charge is 2.09. The van der Waals surface area contributed by atoms with Crippen molar-refractivity contribution in [3.63, 3.8) is 0 Å². The first-order valence-electron chi connectivity index (χ1n) is 4.67. The van der Waals surface area contributed by atoms with Crippen LogP contribution in [0.2, 0.25) is 0 Å². The summed E-state index contributed by atoms with van der Waals surface area (Å²) in [6, 6.07) is 9.67. The molecule has 1 aromatic rings. The Labute approximate surface area is 101 Å². The summed E-state index contributed by atoms with van der Waals surface area (Å²) in [5, 5.41) is 0.994. The van der Waals surface area contributed by atoms with Crippen LogP contribution in [0.15, 0.2) is 34.7 Å². The maximum Gasteiger partial charge on any atom is 0.232 e. The molecular weight excluding hydrogens is 240 g/mol. The second-order valence-electron chi connectivity index (χ2n) is 3.37. The van der Waals surface area contributed by atoms with Crippen LogP contribution in [0.3, 0.4) is 0 Å². The first-order valence-corrected chi connectivity index (χ1v) is 5.48. The summed E-state index contributed by atoms with van der Waals surface area (Å²) in [4.78, 5) is 6.95. The van der Waals surface area contributed by atoms with Gasteiger partial charge in [0.15, 0.2) is 0 Å². The number of nitrogens with one attached hydrogen (secondary N) is 1. The number of rotatable bonds is 0. The summed E-state index contributed by atoms with van der Waals surface area (Å²) >= 11 is 10.1. The van der Waals surface area contributed by atoms with Gasteiger partial charge in [-0.2, -0.15) is 4.98 Å². The largest absolute Gasteiger partial charge is 0.438 e. The zero-order valence-electron chi connectivity index (χ0n) is 8.06. The van der Waals surface area contributed by atoms with Crippen molar-refractivity contribution in [2.45, 2.75) is 0 Å². The number of fused-ring (bicyclic) bond motifs is 2. The molecule has 0 radical (unpaired) electrons. The lowest BCUT2D eigenvalue weighted by atomic mass is 10.2. The van der Waals surface area contributed by atoms with Crippen molar-refractivity contribution in [2.75, 3.05) is 0 Å². The molecule has 0 aliphatic carbocycles. The van der Waals surface area contributed by atoms with Crippen LogP contribution in [0.5, 0.6) is 0 Å². The van der Waals surface area contributed by atoms with Crippen LogP contribution in [0, 0.1) is 9.41 Å². The van der Waals surface area contributed by atoms with Gasteiger partial charge in [-0.05, 0) is 24.4 Å². The fourth-order valence-electron chi connectivity index (χ4n) is 1.60. The van der Waals surface area contributed by atoms with Crippen LogP contribution in [-0.2, 0) is 0 Å². The fourth-order valence-corrected chi connectivity index (χ4v) is 2.09. The van der Waals surface area contributed by atoms with Crippen LogP contribution in [0.1, 0.15) is 0 Å². The lowest BCUT2D eigenvalue weighted by Gasteiger charge is -2.05. The van der Waals surface area contributed by atoms with E-state index >= 15 is 0 Å². The van der Waals surface area contributed by atoms with Gasteiger partial charge in [-0.3, -0.25) is 0 Å².